The zero-order chi connectivity index (χ0) is 24.9. The van der Waals surface area contributed by atoms with Gasteiger partial charge in [-0.1, -0.05) is 0 Å². The molecule has 12 nitrogen and oxygen atoms in total. The van der Waals surface area contributed by atoms with Crippen molar-refractivity contribution in [1.29, 1.82) is 0 Å². The van der Waals surface area contributed by atoms with Crippen LogP contribution in [-0.2, 0) is 4.74 Å². The molecule has 186 valence electrons. The van der Waals surface area contributed by atoms with Crippen LogP contribution >= 0.6 is 0 Å². The summed E-state index contributed by atoms with van der Waals surface area (Å²) in [5.74, 6) is 0.495. The highest BCUT2D eigenvalue weighted by atomic mass is 16.7. The molecule has 2 aliphatic rings. The smallest absolute Gasteiger partial charge is 0.231 e. The summed E-state index contributed by atoms with van der Waals surface area (Å²) >= 11 is 0. The number of benzene rings is 2. The molecule has 3 heterocycles. The fourth-order valence-electron chi connectivity index (χ4n) is 4.01. The van der Waals surface area contributed by atoms with E-state index < -0.39 is 48.5 Å². The number of aliphatic hydroxyl groups is 4. The molecule has 1 fully saturated rings. The van der Waals surface area contributed by atoms with Crippen LogP contribution in [-0.4, -0.2) is 76.7 Å². The summed E-state index contributed by atoms with van der Waals surface area (Å²) in [5.41, 5.74) is 0.195. The lowest BCUT2D eigenvalue weighted by molar-refractivity contribution is -0.277. The Balaban J connectivity index is 1.53. The minimum atomic E-state index is -1.70. The summed E-state index contributed by atoms with van der Waals surface area (Å²) in [4.78, 5) is 13.3. The van der Waals surface area contributed by atoms with E-state index in [2.05, 4.69) is 0 Å². The van der Waals surface area contributed by atoms with Gasteiger partial charge in [-0.25, -0.2) is 0 Å². The van der Waals surface area contributed by atoms with Gasteiger partial charge >= 0.3 is 0 Å². The van der Waals surface area contributed by atoms with Gasteiger partial charge in [0, 0.05) is 6.07 Å². The van der Waals surface area contributed by atoms with Crippen LogP contribution in [0.1, 0.15) is 0 Å². The lowest BCUT2D eigenvalue weighted by Crippen LogP contribution is -2.60. The van der Waals surface area contributed by atoms with Gasteiger partial charge in [0.25, 0.3) is 0 Å². The molecule has 5 rings (SSSR count). The van der Waals surface area contributed by atoms with Crippen molar-refractivity contribution in [3.63, 3.8) is 0 Å². The van der Waals surface area contributed by atoms with Gasteiger partial charge < -0.3 is 53.6 Å². The molecule has 0 amide bonds. The second-order valence-electron chi connectivity index (χ2n) is 8.02. The number of aromatic hydroxyl groups is 1. The lowest BCUT2D eigenvalue weighted by Gasteiger charge is -2.39. The SMILES string of the molecule is COc1cc(-c2coc3cc(O)c(OC4OC(CO)C(O)C(O)C4O)cc3c2=O)cc2c1OCO2. The predicted molar refractivity (Wildman–Crippen MR) is 117 cm³/mol. The van der Waals surface area contributed by atoms with Crippen molar-refractivity contribution in [2.24, 2.45) is 0 Å². The van der Waals surface area contributed by atoms with E-state index in [1.165, 1.54) is 19.4 Å². The summed E-state index contributed by atoms with van der Waals surface area (Å²) in [6, 6.07) is 5.55. The number of rotatable bonds is 5. The van der Waals surface area contributed by atoms with E-state index in [9.17, 15) is 30.3 Å². The van der Waals surface area contributed by atoms with Crippen molar-refractivity contribution in [2.45, 2.75) is 30.7 Å². The molecule has 0 spiro atoms. The molecule has 12 heteroatoms. The summed E-state index contributed by atoms with van der Waals surface area (Å²) in [5, 5.41) is 49.9. The van der Waals surface area contributed by atoms with Gasteiger partial charge in [0.1, 0.15) is 36.3 Å². The molecule has 2 aromatic carbocycles. The van der Waals surface area contributed by atoms with Crippen LogP contribution in [0.4, 0.5) is 0 Å². The number of fused-ring (bicyclic) bond motifs is 2. The van der Waals surface area contributed by atoms with Gasteiger partial charge in [0.05, 0.1) is 24.7 Å². The minimum Gasteiger partial charge on any atom is -0.504 e. The normalized spacial score (nSPS) is 25.6. The third kappa shape index (κ3) is 3.90. The Bertz CT molecular complexity index is 1320. The Morgan fingerprint density at radius 1 is 1.03 bits per heavy atom. The highest BCUT2D eigenvalue weighted by Gasteiger charge is 2.45. The first-order chi connectivity index (χ1) is 16.8. The van der Waals surface area contributed by atoms with Crippen molar-refractivity contribution >= 4 is 11.0 Å². The molecule has 5 atom stereocenters. The van der Waals surface area contributed by atoms with Crippen LogP contribution in [0.5, 0.6) is 28.7 Å². The molecule has 0 bridgehead atoms. The summed E-state index contributed by atoms with van der Waals surface area (Å²) in [7, 11) is 1.45. The summed E-state index contributed by atoms with van der Waals surface area (Å²) in [6.07, 6.45) is -6.48. The average Bonchev–Trinajstić information content (AvgIpc) is 3.33. The van der Waals surface area contributed by atoms with Gasteiger partial charge in [-0.15, -0.1) is 0 Å². The maximum Gasteiger partial charge on any atom is 0.231 e. The first kappa shape index (κ1) is 23.2. The van der Waals surface area contributed by atoms with Gasteiger partial charge in [0.2, 0.25) is 24.3 Å². The third-order valence-electron chi connectivity index (χ3n) is 5.92. The zero-order valence-electron chi connectivity index (χ0n) is 18.3. The third-order valence-corrected chi connectivity index (χ3v) is 5.92. The summed E-state index contributed by atoms with van der Waals surface area (Å²) in [6.45, 7) is -0.639. The Morgan fingerprint density at radius 3 is 2.57 bits per heavy atom. The number of hydrogen-bond acceptors (Lipinski definition) is 12. The van der Waals surface area contributed by atoms with Crippen LogP contribution in [0.15, 0.2) is 39.7 Å². The maximum atomic E-state index is 13.3. The number of phenols is 1. The molecule has 0 saturated carbocycles. The quantitative estimate of drug-likeness (QED) is 0.326. The number of phenolic OH excluding ortho intramolecular Hbond substituents is 1. The number of aliphatic hydroxyl groups excluding tert-OH is 4. The van der Waals surface area contributed by atoms with E-state index in [1.54, 1.807) is 12.1 Å². The molecular formula is C23H22O12. The molecule has 35 heavy (non-hydrogen) atoms. The van der Waals surface area contributed by atoms with Crippen LogP contribution in [0.3, 0.4) is 0 Å². The van der Waals surface area contributed by atoms with Gasteiger partial charge in [0.15, 0.2) is 23.0 Å². The van der Waals surface area contributed by atoms with Crippen molar-refractivity contribution in [3.05, 3.63) is 40.8 Å². The molecule has 0 radical (unpaired) electrons. The lowest BCUT2D eigenvalue weighted by atomic mass is 9.99. The first-order valence-electron chi connectivity index (χ1n) is 10.6. The molecule has 5 N–H and O–H groups in total. The Morgan fingerprint density at radius 2 is 1.83 bits per heavy atom. The highest BCUT2D eigenvalue weighted by molar-refractivity contribution is 5.85. The van der Waals surface area contributed by atoms with Gasteiger partial charge in [-0.05, 0) is 23.8 Å². The topological polar surface area (TPSA) is 178 Å². The maximum absolute atomic E-state index is 13.3. The molecular weight excluding hydrogens is 468 g/mol. The van der Waals surface area contributed by atoms with Crippen molar-refractivity contribution in [3.8, 4) is 39.9 Å². The monoisotopic (exact) mass is 490 g/mol. The fraction of sp³-hybridized carbons (Fsp3) is 0.348. The molecule has 2 aliphatic heterocycles. The number of methoxy groups -OCH3 is 1. The second-order valence-corrected chi connectivity index (χ2v) is 8.02. The van der Waals surface area contributed by atoms with E-state index in [0.29, 0.717) is 22.8 Å². The fourth-order valence-corrected chi connectivity index (χ4v) is 4.01. The molecule has 1 aromatic heterocycles. The van der Waals surface area contributed by atoms with E-state index in [1.807, 2.05) is 0 Å². The van der Waals surface area contributed by atoms with Crippen molar-refractivity contribution < 1.29 is 53.6 Å². The van der Waals surface area contributed by atoms with Gasteiger partial charge in [-0.3, -0.25) is 4.79 Å². The van der Waals surface area contributed by atoms with Crippen molar-refractivity contribution in [1.82, 2.24) is 0 Å². The Hall–Kier alpha value is -3.55. The number of hydrogen-bond donors (Lipinski definition) is 5. The zero-order valence-corrected chi connectivity index (χ0v) is 18.3. The van der Waals surface area contributed by atoms with Crippen LogP contribution < -0.4 is 24.4 Å². The Kier molecular flexibility index (Phi) is 5.91. The van der Waals surface area contributed by atoms with E-state index in [4.69, 9.17) is 28.1 Å². The average molecular weight is 490 g/mol. The van der Waals surface area contributed by atoms with Crippen LogP contribution in [0, 0.1) is 0 Å². The first-order valence-corrected chi connectivity index (χ1v) is 10.6. The van der Waals surface area contributed by atoms with Gasteiger partial charge in [-0.2, -0.15) is 0 Å². The molecule has 1 saturated heterocycles. The second kappa shape index (κ2) is 8.91. The van der Waals surface area contributed by atoms with E-state index in [0.717, 1.165) is 6.07 Å². The van der Waals surface area contributed by atoms with Crippen molar-refractivity contribution in [2.75, 3.05) is 20.5 Å². The summed E-state index contributed by atoms with van der Waals surface area (Å²) < 4.78 is 32.5. The molecule has 5 unspecified atom stereocenters. The van der Waals surface area contributed by atoms with Crippen LogP contribution in [0.2, 0.25) is 0 Å². The molecule has 3 aromatic rings. The van der Waals surface area contributed by atoms with E-state index >= 15 is 0 Å². The van der Waals surface area contributed by atoms with Crippen LogP contribution in [0.25, 0.3) is 22.1 Å². The highest BCUT2D eigenvalue weighted by Crippen LogP contribution is 2.44. The minimum absolute atomic E-state index is 0.0133. The van der Waals surface area contributed by atoms with E-state index in [-0.39, 0.29) is 29.1 Å². The predicted octanol–water partition coefficient (Wildman–Crippen LogP) is 0.0816. The standard InChI is InChI=1S/C23H22O12/c1-30-15-2-9(3-16-22(15)33-8-32-16)11-7-31-13-5-12(25)14(4-10(13)18(11)26)34-23-21(29)20(28)19(27)17(6-24)35-23/h2-5,7,17,19-21,23-25,27-29H,6,8H2,1H3. The number of ether oxygens (including phenoxy) is 5. The Labute approximate surface area is 197 Å². The largest absolute Gasteiger partial charge is 0.504 e. The molecule has 0 aliphatic carbocycles.